The highest BCUT2D eigenvalue weighted by atomic mass is 16.5. The fraction of sp³-hybridized carbons (Fsp3) is 0.667. The number of anilines is 1. The first kappa shape index (κ1) is 22.6. The smallest absolute Gasteiger partial charge is 0.225 e. The molecule has 3 rings (SSSR count). The van der Waals surface area contributed by atoms with Crippen molar-refractivity contribution < 1.29 is 9.53 Å². The zero-order valence-electron chi connectivity index (χ0n) is 18.4. The van der Waals surface area contributed by atoms with Crippen molar-refractivity contribution in [3.63, 3.8) is 0 Å². The number of unbranched alkanes of at least 4 members (excludes halogenated alkanes) is 2. The van der Waals surface area contributed by atoms with Crippen molar-refractivity contribution in [2.45, 2.75) is 76.7 Å². The maximum atomic E-state index is 12.0. The Hall–Kier alpha value is -2.08. The second kappa shape index (κ2) is 12.6. The van der Waals surface area contributed by atoms with Gasteiger partial charge in [0.15, 0.2) is 5.96 Å². The van der Waals surface area contributed by atoms with E-state index in [0.29, 0.717) is 19.1 Å². The molecule has 1 fully saturated rings. The number of nitrogens with one attached hydrogen (secondary N) is 3. The van der Waals surface area contributed by atoms with Crippen LogP contribution in [0.25, 0.3) is 0 Å². The minimum Gasteiger partial charge on any atom is -0.378 e. The Morgan fingerprint density at radius 3 is 2.80 bits per heavy atom. The number of benzene rings is 1. The first-order valence-corrected chi connectivity index (χ1v) is 11.8. The van der Waals surface area contributed by atoms with Crippen molar-refractivity contribution >= 4 is 17.6 Å². The highest BCUT2D eigenvalue weighted by Gasteiger charge is 2.24. The van der Waals surface area contributed by atoms with Gasteiger partial charge in [-0.3, -0.25) is 9.79 Å². The number of para-hydroxylation sites is 1. The van der Waals surface area contributed by atoms with Crippen LogP contribution >= 0.6 is 0 Å². The fourth-order valence-corrected chi connectivity index (χ4v) is 4.30. The summed E-state index contributed by atoms with van der Waals surface area (Å²) in [6, 6.07) is 8.03. The van der Waals surface area contributed by atoms with Crippen LogP contribution in [-0.2, 0) is 9.53 Å². The largest absolute Gasteiger partial charge is 0.378 e. The first-order chi connectivity index (χ1) is 14.8. The van der Waals surface area contributed by atoms with Gasteiger partial charge in [-0.15, -0.1) is 0 Å². The second-order valence-corrected chi connectivity index (χ2v) is 8.37. The lowest BCUT2D eigenvalue weighted by Crippen LogP contribution is -2.38. The van der Waals surface area contributed by atoms with Gasteiger partial charge in [0.05, 0.1) is 12.6 Å². The lowest BCUT2D eigenvalue weighted by atomic mass is 9.91. The van der Waals surface area contributed by atoms with Gasteiger partial charge in [0.1, 0.15) is 0 Å². The van der Waals surface area contributed by atoms with Gasteiger partial charge in [-0.2, -0.15) is 0 Å². The van der Waals surface area contributed by atoms with Crippen LogP contribution in [0.15, 0.2) is 29.3 Å². The normalized spacial score (nSPS) is 19.8. The third-order valence-electron chi connectivity index (χ3n) is 5.94. The van der Waals surface area contributed by atoms with E-state index in [-0.39, 0.29) is 11.8 Å². The molecule has 0 radical (unpaired) electrons. The lowest BCUT2D eigenvalue weighted by Gasteiger charge is -2.24. The molecule has 1 aromatic rings. The van der Waals surface area contributed by atoms with Crippen LogP contribution in [0.4, 0.5) is 5.69 Å². The maximum absolute atomic E-state index is 12.0. The van der Waals surface area contributed by atoms with Crippen LogP contribution in [0.2, 0.25) is 0 Å². The Morgan fingerprint density at radius 1 is 1.13 bits per heavy atom. The average molecular weight is 415 g/mol. The quantitative estimate of drug-likeness (QED) is 0.305. The fourth-order valence-electron chi connectivity index (χ4n) is 4.30. The Kier molecular flexibility index (Phi) is 9.48. The molecule has 0 bridgehead atoms. The van der Waals surface area contributed by atoms with Gasteiger partial charge in [0, 0.05) is 37.7 Å². The Bertz CT molecular complexity index is 686. The van der Waals surface area contributed by atoms with Crippen LogP contribution in [-0.4, -0.2) is 44.2 Å². The molecule has 1 unspecified atom stereocenters. The second-order valence-electron chi connectivity index (χ2n) is 8.37. The van der Waals surface area contributed by atoms with Crippen molar-refractivity contribution in [2.24, 2.45) is 4.99 Å². The van der Waals surface area contributed by atoms with Crippen molar-refractivity contribution in [3.05, 3.63) is 29.8 Å². The number of amides is 1. The number of carbonyl (C=O) groups is 1. The highest BCUT2D eigenvalue weighted by molar-refractivity contribution is 5.94. The average Bonchev–Trinajstić information content (AvgIpc) is 2.77. The highest BCUT2D eigenvalue weighted by Crippen LogP contribution is 2.32. The van der Waals surface area contributed by atoms with E-state index in [1.165, 1.54) is 37.7 Å². The van der Waals surface area contributed by atoms with E-state index in [2.05, 4.69) is 28.9 Å². The third kappa shape index (κ3) is 7.31. The minimum atomic E-state index is 0.0716. The molecule has 30 heavy (non-hydrogen) atoms. The van der Waals surface area contributed by atoms with Gasteiger partial charge < -0.3 is 20.7 Å². The number of carbonyl (C=O) groups excluding carboxylic acids is 1. The van der Waals surface area contributed by atoms with Crippen molar-refractivity contribution in [2.75, 3.05) is 31.6 Å². The summed E-state index contributed by atoms with van der Waals surface area (Å²) in [4.78, 5) is 16.8. The molecule has 1 saturated carbocycles. The summed E-state index contributed by atoms with van der Waals surface area (Å²) < 4.78 is 6.00. The molecule has 6 heteroatoms. The number of nitrogens with zero attached hydrogens (tertiary/aromatic N) is 1. The summed E-state index contributed by atoms with van der Waals surface area (Å²) in [5, 5.41) is 9.70. The Labute approximate surface area is 181 Å². The molecule has 1 aliphatic carbocycles. The molecule has 0 spiro atoms. The van der Waals surface area contributed by atoms with E-state index in [4.69, 9.17) is 9.73 Å². The summed E-state index contributed by atoms with van der Waals surface area (Å²) in [7, 11) is 0. The number of ether oxygens (including phenoxy) is 1. The Balaban J connectivity index is 1.37. The Morgan fingerprint density at radius 2 is 1.97 bits per heavy atom. The van der Waals surface area contributed by atoms with E-state index in [9.17, 15) is 4.79 Å². The summed E-state index contributed by atoms with van der Waals surface area (Å²) in [6.45, 7) is 5.29. The molecule has 1 amide bonds. The van der Waals surface area contributed by atoms with Gasteiger partial charge in [-0.05, 0) is 50.7 Å². The van der Waals surface area contributed by atoms with Crippen LogP contribution in [0.3, 0.4) is 0 Å². The zero-order chi connectivity index (χ0) is 21.0. The van der Waals surface area contributed by atoms with Crippen LogP contribution < -0.4 is 16.0 Å². The molecule has 6 nitrogen and oxygen atoms in total. The number of aliphatic imine (C=N–C) groups is 1. The monoisotopic (exact) mass is 414 g/mol. The summed E-state index contributed by atoms with van der Waals surface area (Å²) in [5.41, 5.74) is 2.09. The summed E-state index contributed by atoms with van der Waals surface area (Å²) in [6.07, 6.45) is 10.9. The van der Waals surface area contributed by atoms with Gasteiger partial charge in [0.2, 0.25) is 5.91 Å². The van der Waals surface area contributed by atoms with E-state index in [0.717, 1.165) is 50.6 Å². The van der Waals surface area contributed by atoms with Gasteiger partial charge >= 0.3 is 0 Å². The molecule has 3 N–H and O–H groups in total. The van der Waals surface area contributed by atoms with Crippen molar-refractivity contribution in [1.82, 2.24) is 10.6 Å². The topological polar surface area (TPSA) is 74.8 Å². The number of hydrogen-bond donors (Lipinski definition) is 3. The summed E-state index contributed by atoms with van der Waals surface area (Å²) in [5.74, 6) is 1.03. The molecular formula is C24H38N4O2. The van der Waals surface area contributed by atoms with E-state index < -0.39 is 0 Å². The number of guanidine groups is 1. The van der Waals surface area contributed by atoms with Crippen molar-refractivity contribution in [3.8, 4) is 0 Å². The molecular weight excluding hydrogens is 376 g/mol. The van der Waals surface area contributed by atoms with Gasteiger partial charge in [-0.1, -0.05) is 37.5 Å². The molecule has 1 atom stereocenters. The summed E-state index contributed by atoms with van der Waals surface area (Å²) >= 11 is 0. The standard InChI is InChI=1S/C24H38N4O2/c1-2-25-24(26-15-9-4-10-16-30-20-11-5-3-6-12-20)27-18-19-17-23(29)28-22-14-8-7-13-21(19)22/h7-8,13-14,19-20H,2-6,9-12,15-18H2,1H3,(H,28,29)(H2,25,26,27). The predicted molar refractivity (Wildman–Crippen MR) is 123 cm³/mol. The number of hydrogen-bond acceptors (Lipinski definition) is 3. The minimum absolute atomic E-state index is 0.0716. The number of rotatable bonds is 10. The number of fused-ring (bicyclic) bond motifs is 1. The van der Waals surface area contributed by atoms with Gasteiger partial charge in [0.25, 0.3) is 0 Å². The maximum Gasteiger partial charge on any atom is 0.225 e. The van der Waals surface area contributed by atoms with E-state index in [1.807, 2.05) is 18.2 Å². The molecule has 2 aliphatic rings. The van der Waals surface area contributed by atoms with E-state index in [1.54, 1.807) is 0 Å². The van der Waals surface area contributed by atoms with Gasteiger partial charge in [-0.25, -0.2) is 0 Å². The lowest BCUT2D eigenvalue weighted by molar-refractivity contribution is -0.116. The van der Waals surface area contributed by atoms with E-state index >= 15 is 0 Å². The third-order valence-corrected chi connectivity index (χ3v) is 5.94. The molecule has 1 heterocycles. The van der Waals surface area contributed by atoms with Crippen LogP contribution in [0, 0.1) is 0 Å². The first-order valence-electron chi connectivity index (χ1n) is 11.8. The molecule has 1 aliphatic heterocycles. The zero-order valence-corrected chi connectivity index (χ0v) is 18.4. The molecule has 0 saturated heterocycles. The van der Waals surface area contributed by atoms with Crippen molar-refractivity contribution in [1.29, 1.82) is 0 Å². The molecule has 166 valence electrons. The van der Waals surface area contributed by atoms with Crippen LogP contribution in [0.5, 0.6) is 0 Å². The predicted octanol–water partition coefficient (Wildman–Crippen LogP) is 4.19. The molecule has 1 aromatic carbocycles. The molecule has 0 aromatic heterocycles. The SMILES string of the molecule is CCNC(=NCC1CC(=O)Nc2ccccc21)NCCCCCOC1CCCCC1. The van der Waals surface area contributed by atoms with Crippen LogP contribution in [0.1, 0.15) is 76.2 Å².